The molecule has 0 saturated carbocycles. The molecule has 1 aliphatic heterocycles. The largest absolute Gasteiger partial charge is 0.389 e. The molecule has 2 rings (SSSR count). The van der Waals surface area contributed by atoms with Crippen molar-refractivity contribution >= 4 is 27.2 Å². The second-order valence-electron chi connectivity index (χ2n) is 5.23. The third-order valence-corrected chi connectivity index (χ3v) is 5.12. The van der Waals surface area contributed by atoms with Crippen LogP contribution in [0.1, 0.15) is 11.1 Å². The molecule has 1 saturated heterocycles. The van der Waals surface area contributed by atoms with E-state index < -0.39 is 10.0 Å². The summed E-state index contributed by atoms with van der Waals surface area (Å²) >= 11 is 4.93. The number of hydrazine groups is 1. The van der Waals surface area contributed by atoms with Gasteiger partial charge in [0, 0.05) is 31.7 Å². The van der Waals surface area contributed by atoms with Gasteiger partial charge in [-0.2, -0.15) is 0 Å². The van der Waals surface area contributed by atoms with Crippen LogP contribution in [0, 0.1) is 6.92 Å². The summed E-state index contributed by atoms with van der Waals surface area (Å²) in [6.45, 7) is 4.80. The predicted molar refractivity (Wildman–Crippen MR) is 86.5 cm³/mol. The molecule has 21 heavy (non-hydrogen) atoms. The van der Waals surface area contributed by atoms with Gasteiger partial charge in [0.1, 0.15) is 4.99 Å². The quantitative estimate of drug-likeness (QED) is 0.762. The lowest BCUT2D eigenvalue weighted by Crippen LogP contribution is -2.52. The molecule has 6 nitrogen and oxygen atoms in total. The SMILES string of the molecule is Cc1cc(S(=O)(=O)NN2CCN(C)CC2)ccc1C(N)=S. The van der Waals surface area contributed by atoms with Crippen molar-refractivity contribution in [2.75, 3.05) is 33.2 Å². The van der Waals surface area contributed by atoms with Gasteiger partial charge in [0.25, 0.3) is 10.0 Å². The zero-order valence-corrected chi connectivity index (χ0v) is 13.8. The maximum atomic E-state index is 12.4. The van der Waals surface area contributed by atoms with Gasteiger partial charge in [0.15, 0.2) is 0 Å². The molecule has 0 aromatic heterocycles. The maximum Gasteiger partial charge on any atom is 0.253 e. The number of likely N-dealkylation sites (N-methyl/N-ethyl adjacent to an activating group) is 1. The first-order valence-electron chi connectivity index (χ1n) is 6.66. The third-order valence-electron chi connectivity index (χ3n) is 3.53. The zero-order valence-electron chi connectivity index (χ0n) is 12.2. The molecule has 8 heteroatoms. The number of nitrogens with two attached hydrogens (primary N) is 1. The number of thiocarbonyl (C=S) groups is 1. The van der Waals surface area contributed by atoms with E-state index in [1.54, 1.807) is 24.1 Å². The van der Waals surface area contributed by atoms with Crippen LogP contribution in [0.15, 0.2) is 23.1 Å². The summed E-state index contributed by atoms with van der Waals surface area (Å²) in [5.74, 6) is 0. The van der Waals surface area contributed by atoms with E-state index in [0.29, 0.717) is 18.7 Å². The molecular formula is C13H20N4O2S2. The van der Waals surface area contributed by atoms with E-state index >= 15 is 0 Å². The number of benzene rings is 1. The Bertz CT molecular complexity index is 638. The van der Waals surface area contributed by atoms with Crippen molar-refractivity contribution < 1.29 is 8.42 Å². The monoisotopic (exact) mass is 328 g/mol. The van der Waals surface area contributed by atoms with Gasteiger partial charge in [-0.3, -0.25) is 0 Å². The molecule has 3 N–H and O–H groups in total. The molecular weight excluding hydrogens is 308 g/mol. The highest BCUT2D eigenvalue weighted by Gasteiger charge is 2.21. The number of hydrogen-bond acceptors (Lipinski definition) is 5. The molecule has 1 aromatic rings. The highest BCUT2D eigenvalue weighted by atomic mass is 32.2. The van der Waals surface area contributed by atoms with E-state index in [9.17, 15) is 8.42 Å². The van der Waals surface area contributed by atoms with Gasteiger partial charge >= 0.3 is 0 Å². The first-order chi connectivity index (χ1) is 9.79. The topological polar surface area (TPSA) is 78.7 Å². The van der Waals surface area contributed by atoms with Crippen LogP contribution in [0.5, 0.6) is 0 Å². The fourth-order valence-corrected chi connectivity index (χ4v) is 3.64. The molecule has 1 fully saturated rings. The number of piperazine rings is 1. The molecule has 116 valence electrons. The standard InChI is InChI=1S/C13H20N4O2S2/c1-10-9-11(3-4-12(10)13(14)20)21(18,19)15-17-7-5-16(2)6-8-17/h3-4,9,15H,5-8H2,1-2H3,(H2,14,20). The van der Waals surface area contributed by atoms with Gasteiger partial charge in [0.2, 0.25) is 0 Å². The van der Waals surface area contributed by atoms with Crippen molar-refractivity contribution in [3.05, 3.63) is 29.3 Å². The Morgan fingerprint density at radius 1 is 1.29 bits per heavy atom. The summed E-state index contributed by atoms with van der Waals surface area (Å²) in [5, 5.41) is 1.73. The highest BCUT2D eigenvalue weighted by Crippen LogP contribution is 2.16. The van der Waals surface area contributed by atoms with Gasteiger partial charge < -0.3 is 10.6 Å². The van der Waals surface area contributed by atoms with Crippen LogP contribution >= 0.6 is 12.2 Å². The molecule has 0 bridgehead atoms. The smallest absolute Gasteiger partial charge is 0.253 e. The summed E-state index contributed by atoms with van der Waals surface area (Å²) in [6.07, 6.45) is 0. The van der Waals surface area contributed by atoms with Crippen molar-refractivity contribution in [1.82, 2.24) is 14.7 Å². The lowest BCUT2D eigenvalue weighted by atomic mass is 10.1. The van der Waals surface area contributed by atoms with Crippen LogP contribution in [-0.4, -0.2) is 56.5 Å². The van der Waals surface area contributed by atoms with E-state index in [1.165, 1.54) is 6.07 Å². The average Bonchev–Trinajstić information content (AvgIpc) is 2.40. The molecule has 0 aliphatic carbocycles. The van der Waals surface area contributed by atoms with Crippen molar-refractivity contribution in [2.24, 2.45) is 5.73 Å². The molecule has 1 aliphatic rings. The summed E-state index contributed by atoms with van der Waals surface area (Å²) in [5.41, 5.74) is 7.04. The van der Waals surface area contributed by atoms with E-state index in [0.717, 1.165) is 18.7 Å². The molecule has 0 amide bonds. The van der Waals surface area contributed by atoms with Crippen LogP contribution < -0.4 is 10.6 Å². The van der Waals surface area contributed by atoms with Gasteiger partial charge in [-0.05, 0) is 31.7 Å². The van der Waals surface area contributed by atoms with Gasteiger partial charge in [-0.15, -0.1) is 4.83 Å². The number of rotatable bonds is 4. The van der Waals surface area contributed by atoms with Gasteiger partial charge in [0.05, 0.1) is 4.90 Å². The van der Waals surface area contributed by atoms with Crippen LogP contribution in [0.25, 0.3) is 0 Å². The Morgan fingerprint density at radius 3 is 2.43 bits per heavy atom. The maximum absolute atomic E-state index is 12.4. The lowest BCUT2D eigenvalue weighted by molar-refractivity contribution is 0.135. The first-order valence-corrected chi connectivity index (χ1v) is 8.55. The normalized spacial score (nSPS) is 17.8. The van der Waals surface area contributed by atoms with E-state index in [1.807, 2.05) is 7.05 Å². The number of nitrogens with zero attached hydrogens (tertiary/aromatic N) is 2. The van der Waals surface area contributed by atoms with Crippen LogP contribution in [0.3, 0.4) is 0 Å². The predicted octanol–water partition coefficient (Wildman–Crippen LogP) is 0.0699. The molecule has 0 unspecified atom stereocenters. The summed E-state index contributed by atoms with van der Waals surface area (Å²) in [4.78, 5) is 5.27. The van der Waals surface area contributed by atoms with Crippen molar-refractivity contribution in [3.8, 4) is 0 Å². The summed E-state index contributed by atoms with van der Waals surface area (Å²) < 4.78 is 24.8. The number of sulfonamides is 1. The molecule has 0 spiro atoms. The number of nitrogens with one attached hydrogen (secondary N) is 1. The van der Waals surface area contributed by atoms with E-state index in [2.05, 4.69) is 9.73 Å². The van der Waals surface area contributed by atoms with Crippen molar-refractivity contribution in [1.29, 1.82) is 0 Å². The van der Waals surface area contributed by atoms with Crippen molar-refractivity contribution in [3.63, 3.8) is 0 Å². The summed E-state index contributed by atoms with van der Waals surface area (Å²) in [7, 11) is -1.55. The Labute approximate surface area is 130 Å². The minimum atomic E-state index is -3.57. The summed E-state index contributed by atoms with van der Waals surface area (Å²) in [6, 6.07) is 4.77. The minimum Gasteiger partial charge on any atom is -0.389 e. The Morgan fingerprint density at radius 2 is 1.90 bits per heavy atom. The van der Waals surface area contributed by atoms with E-state index in [4.69, 9.17) is 18.0 Å². The van der Waals surface area contributed by atoms with E-state index in [-0.39, 0.29) is 9.88 Å². The number of hydrogen-bond donors (Lipinski definition) is 2. The number of aryl methyl sites for hydroxylation is 1. The van der Waals surface area contributed by atoms with Crippen LogP contribution in [-0.2, 0) is 10.0 Å². The lowest BCUT2D eigenvalue weighted by Gasteiger charge is -2.32. The second-order valence-corrected chi connectivity index (χ2v) is 7.33. The average molecular weight is 328 g/mol. The Hall–Kier alpha value is -1.06. The van der Waals surface area contributed by atoms with Crippen LogP contribution in [0.4, 0.5) is 0 Å². The molecule has 0 radical (unpaired) electrons. The van der Waals surface area contributed by atoms with Crippen molar-refractivity contribution in [2.45, 2.75) is 11.8 Å². The fraction of sp³-hybridized carbons (Fsp3) is 0.462. The molecule has 1 aromatic carbocycles. The van der Waals surface area contributed by atoms with Gasteiger partial charge in [-0.1, -0.05) is 18.3 Å². The third kappa shape index (κ3) is 3.98. The highest BCUT2D eigenvalue weighted by molar-refractivity contribution is 7.89. The first kappa shape index (κ1) is 16.3. The fourth-order valence-electron chi connectivity index (χ4n) is 2.20. The minimum absolute atomic E-state index is 0.221. The Balaban J connectivity index is 2.16. The molecule has 0 atom stereocenters. The van der Waals surface area contributed by atoms with Gasteiger partial charge in [-0.25, -0.2) is 13.4 Å². The second kappa shape index (κ2) is 6.37. The van der Waals surface area contributed by atoms with Crippen LogP contribution in [0.2, 0.25) is 0 Å². The molecule has 1 heterocycles. The zero-order chi connectivity index (χ0) is 15.6. The Kier molecular flexibility index (Phi) is 4.95.